The zero-order valence-corrected chi connectivity index (χ0v) is 10.3. The van der Waals surface area contributed by atoms with Gasteiger partial charge in [-0.3, -0.25) is 4.79 Å². The minimum absolute atomic E-state index is 0.141. The summed E-state index contributed by atoms with van der Waals surface area (Å²) in [6, 6.07) is 3.22. The first-order valence-corrected chi connectivity index (χ1v) is 5.70. The van der Waals surface area contributed by atoms with Crippen LogP contribution in [0.1, 0.15) is 25.3 Å². The predicted molar refractivity (Wildman–Crippen MR) is 65.5 cm³/mol. The Bertz CT molecular complexity index is 369. The van der Waals surface area contributed by atoms with E-state index in [1.54, 1.807) is 19.4 Å². The molecule has 0 aromatic carbocycles. The van der Waals surface area contributed by atoms with Crippen molar-refractivity contribution < 1.29 is 9.53 Å². The maximum absolute atomic E-state index is 11.6. The van der Waals surface area contributed by atoms with Crippen LogP contribution in [0.2, 0.25) is 0 Å². The first kappa shape index (κ1) is 13.4. The predicted octanol–water partition coefficient (Wildman–Crippen LogP) is 0.834. The lowest BCUT2D eigenvalue weighted by atomic mass is 10.1. The molecule has 94 valence electrons. The van der Waals surface area contributed by atoms with Gasteiger partial charge in [-0.05, 0) is 12.5 Å². The van der Waals surface area contributed by atoms with Gasteiger partial charge in [0, 0.05) is 18.3 Å². The van der Waals surface area contributed by atoms with E-state index in [9.17, 15) is 4.79 Å². The van der Waals surface area contributed by atoms with Crippen LogP contribution in [0.15, 0.2) is 18.3 Å². The number of ether oxygens (including phenoxy) is 1. The van der Waals surface area contributed by atoms with Crippen molar-refractivity contribution >= 4 is 5.91 Å². The quantitative estimate of drug-likeness (QED) is 0.768. The van der Waals surface area contributed by atoms with Crippen LogP contribution in [0.3, 0.4) is 0 Å². The van der Waals surface area contributed by atoms with Crippen molar-refractivity contribution in [2.45, 2.75) is 32.4 Å². The van der Waals surface area contributed by atoms with Crippen molar-refractivity contribution in [1.82, 2.24) is 10.3 Å². The van der Waals surface area contributed by atoms with Crippen molar-refractivity contribution in [3.05, 3.63) is 23.9 Å². The lowest BCUT2D eigenvalue weighted by molar-refractivity contribution is -0.122. The van der Waals surface area contributed by atoms with Crippen LogP contribution in [-0.4, -0.2) is 24.0 Å². The Hall–Kier alpha value is -1.62. The summed E-state index contributed by atoms with van der Waals surface area (Å²) in [5.41, 5.74) is 6.54. The molecule has 0 saturated heterocycles. The third-order valence-corrected chi connectivity index (χ3v) is 2.43. The van der Waals surface area contributed by atoms with Gasteiger partial charge in [-0.1, -0.05) is 19.4 Å². The third kappa shape index (κ3) is 4.03. The number of nitrogens with one attached hydrogen (secondary N) is 1. The summed E-state index contributed by atoms with van der Waals surface area (Å²) >= 11 is 0. The average molecular weight is 237 g/mol. The van der Waals surface area contributed by atoms with Crippen LogP contribution < -0.4 is 15.8 Å². The Morgan fingerprint density at radius 1 is 1.65 bits per heavy atom. The number of amides is 1. The third-order valence-electron chi connectivity index (χ3n) is 2.43. The zero-order chi connectivity index (χ0) is 12.7. The minimum atomic E-state index is -0.442. The number of pyridine rings is 1. The molecule has 0 unspecified atom stereocenters. The van der Waals surface area contributed by atoms with E-state index < -0.39 is 6.04 Å². The first-order valence-electron chi connectivity index (χ1n) is 5.70. The number of hydrogen-bond donors (Lipinski definition) is 2. The molecule has 0 radical (unpaired) electrons. The van der Waals surface area contributed by atoms with E-state index in [0.717, 1.165) is 12.0 Å². The molecule has 3 N–H and O–H groups in total. The van der Waals surface area contributed by atoms with Gasteiger partial charge in [0.2, 0.25) is 11.8 Å². The maximum Gasteiger partial charge on any atom is 0.237 e. The smallest absolute Gasteiger partial charge is 0.237 e. The second kappa shape index (κ2) is 6.85. The number of nitrogens with zero attached hydrogens (tertiary/aromatic N) is 1. The highest BCUT2D eigenvalue weighted by Gasteiger charge is 2.12. The molecule has 1 amide bonds. The fraction of sp³-hybridized carbons (Fsp3) is 0.500. The molecule has 5 heteroatoms. The molecule has 0 aliphatic carbocycles. The van der Waals surface area contributed by atoms with Gasteiger partial charge in [-0.25, -0.2) is 4.98 Å². The summed E-state index contributed by atoms with van der Waals surface area (Å²) in [5, 5.41) is 2.77. The Balaban J connectivity index is 2.52. The summed E-state index contributed by atoms with van der Waals surface area (Å²) in [6.07, 6.45) is 3.23. The van der Waals surface area contributed by atoms with Crippen LogP contribution in [0.5, 0.6) is 5.88 Å². The first-order chi connectivity index (χ1) is 8.19. The summed E-state index contributed by atoms with van der Waals surface area (Å²) in [5.74, 6) is 0.384. The fourth-order valence-electron chi connectivity index (χ4n) is 1.50. The highest BCUT2D eigenvalue weighted by Crippen LogP contribution is 2.12. The standard InChI is InChI=1S/C12H19N3O2/c1-3-5-10(13)11(16)15-8-9-6-4-7-14-12(9)17-2/h4,6-7,10H,3,5,8,13H2,1-2H3,(H,15,16)/t10-/m0/s1. The summed E-state index contributed by atoms with van der Waals surface area (Å²) in [7, 11) is 1.55. The SMILES string of the molecule is CCC[C@H](N)C(=O)NCc1cccnc1OC. The van der Waals surface area contributed by atoms with Gasteiger partial charge in [0.1, 0.15) is 0 Å². The van der Waals surface area contributed by atoms with Crippen molar-refractivity contribution in [2.24, 2.45) is 5.73 Å². The number of hydrogen-bond acceptors (Lipinski definition) is 4. The Labute approximate surface area is 101 Å². The molecular weight excluding hydrogens is 218 g/mol. The fourth-order valence-corrected chi connectivity index (χ4v) is 1.50. The summed E-state index contributed by atoms with van der Waals surface area (Å²) < 4.78 is 5.09. The second-order valence-electron chi connectivity index (χ2n) is 3.78. The van der Waals surface area contributed by atoms with E-state index in [1.165, 1.54) is 0 Å². The highest BCUT2D eigenvalue weighted by atomic mass is 16.5. The van der Waals surface area contributed by atoms with Crippen molar-refractivity contribution in [3.8, 4) is 5.88 Å². The van der Waals surface area contributed by atoms with Gasteiger partial charge in [-0.15, -0.1) is 0 Å². The van der Waals surface area contributed by atoms with Gasteiger partial charge in [-0.2, -0.15) is 0 Å². The zero-order valence-electron chi connectivity index (χ0n) is 10.3. The molecule has 0 bridgehead atoms. The van der Waals surface area contributed by atoms with Gasteiger partial charge in [0.05, 0.1) is 13.2 Å². The molecule has 5 nitrogen and oxygen atoms in total. The molecule has 1 heterocycles. The average Bonchev–Trinajstić information content (AvgIpc) is 2.36. The maximum atomic E-state index is 11.6. The van der Waals surface area contributed by atoms with Gasteiger partial charge in [0.25, 0.3) is 0 Å². The van der Waals surface area contributed by atoms with Crippen LogP contribution >= 0.6 is 0 Å². The van der Waals surface area contributed by atoms with Crippen molar-refractivity contribution in [2.75, 3.05) is 7.11 Å². The van der Waals surface area contributed by atoms with E-state index in [2.05, 4.69) is 10.3 Å². The topological polar surface area (TPSA) is 77.2 Å². The van der Waals surface area contributed by atoms with Crippen LogP contribution in [0.4, 0.5) is 0 Å². The summed E-state index contributed by atoms with van der Waals surface area (Å²) in [4.78, 5) is 15.7. The van der Waals surface area contributed by atoms with Gasteiger partial charge < -0.3 is 15.8 Å². The largest absolute Gasteiger partial charge is 0.481 e. The lowest BCUT2D eigenvalue weighted by Crippen LogP contribution is -2.40. The van der Waals surface area contributed by atoms with Crippen LogP contribution in [0, 0.1) is 0 Å². The molecule has 0 saturated carbocycles. The molecule has 1 aromatic rings. The molecule has 0 aliphatic heterocycles. The molecule has 0 fully saturated rings. The van der Waals surface area contributed by atoms with E-state index in [-0.39, 0.29) is 5.91 Å². The number of nitrogens with two attached hydrogens (primary N) is 1. The second-order valence-corrected chi connectivity index (χ2v) is 3.78. The molecule has 1 rings (SSSR count). The lowest BCUT2D eigenvalue weighted by Gasteiger charge is -2.12. The van der Waals surface area contributed by atoms with Crippen molar-refractivity contribution in [1.29, 1.82) is 0 Å². The number of carbonyl (C=O) groups is 1. The normalized spacial score (nSPS) is 11.9. The number of methoxy groups -OCH3 is 1. The van der Waals surface area contributed by atoms with Gasteiger partial charge in [0.15, 0.2) is 0 Å². The number of rotatable bonds is 6. The Morgan fingerprint density at radius 3 is 3.06 bits per heavy atom. The van der Waals surface area contributed by atoms with E-state index in [4.69, 9.17) is 10.5 Å². The molecule has 1 aromatic heterocycles. The van der Waals surface area contributed by atoms with Crippen LogP contribution in [-0.2, 0) is 11.3 Å². The molecule has 0 aliphatic rings. The highest BCUT2D eigenvalue weighted by molar-refractivity contribution is 5.81. The van der Waals surface area contributed by atoms with Gasteiger partial charge >= 0.3 is 0 Å². The molecule has 0 spiro atoms. The minimum Gasteiger partial charge on any atom is -0.481 e. The monoisotopic (exact) mass is 237 g/mol. The molecule has 1 atom stereocenters. The Kier molecular flexibility index (Phi) is 5.42. The summed E-state index contributed by atoms with van der Waals surface area (Å²) in [6.45, 7) is 2.38. The molecular formula is C12H19N3O2. The number of aromatic nitrogens is 1. The van der Waals surface area contributed by atoms with E-state index in [1.807, 2.05) is 13.0 Å². The van der Waals surface area contributed by atoms with Crippen LogP contribution in [0.25, 0.3) is 0 Å². The van der Waals surface area contributed by atoms with E-state index >= 15 is 0 Å². The number of carbonyl (C=O) groups excluding carboxylic acids is 1. The Morgan fingerprint density at radius 2 is 2.41 bits per heavy atom. The van der Waals surface area contributed by atoms with Crippen molar-refractivity contribution in [3.63, 3.8) is 0 Å². The van der Waals surface area contributed by atoms with E-state index in [0.29, 0.717) is 18.8 Å². The molecule has 17 heavy (non-hydrogen) atoms.